The fourth-order valence-electron chi connectivity index (χ4n) is 3.47. The maximum Gasteiger partial charge on any atom is 0.328 e. The predicted molar refractivity (Wildman–Crippen MR) is 134 cm³/mol. The van der Waals surface area contributed by atoms with E-state index in [9.17, 15) is 18.3 Å². The van der Waals surface area contributed by atoms with Gasteiger partial charge in [0.1, 0.15) is 23.7 Å². The topological polar surface area (TPSA) is 156 Å². The highest BCUT2D eigenvalue weighted by atomic mass is 32.2. The number of aryl methyl sites for hydroxylation is 3. The third kappa shape index (κ3) is 5.08. The first kappa shape index (κ1) is 25.3. The molecule has 1 atom stereocenters. The van der Waals surface area contributed by atoms with Crippen LogP contribution in [0, 0.1) is 0 Å². The Morgan fingerprint density at radius 2 is 1.78 bits per heavy atom. The number of nitrogens with two attached hydrogens (primary N) is 1. The SMILES string of the molecule is Cn1cnc(S(=O)(=O)Nc2cc3c(cc2Oc2cccc(OCC(C)(O)CN)c2)n(C)c(=O)n3C)c1. The molecule has 4 aromatic rings. The number of hydrogen-bond acceptors (Lipinski definition) is 8. The lowest BCUT2D eigenvalue weighted by molar-refractivity contribution is 0.0195. The van der Waals surface area contributed by atoms with Gasteiger partial charge in [-0.15, -0.1) is 0 Å². The van der Waals surface area contributed by atoms with Crippen LogP contribution in [0.2, 0.25) is 0 Å². The van der Waals surface area contributed by atoms with E-state index >= 15 is 0 Å². The highest BCUT2D eigenvalue weighted by molar-refractivity contribution is 7.92. The molecule has 2 aromatic heterocycles. The standard InChI is InChI=1S/C23H28N6O6S/c1-23(31,12-24)13-34-15-6-5-7-16(8-15)35-20-10-19-18(28(3)22(30)29(19)4)9-17(20)26-36(32,33)21-11-27(2)14-25-21/h5-11,14,26,31H,12-13,24H2,1-4H3. The lowest BCUT2D eigenvalue weighted by Gasteiger charge is -2.21. The maximum absolute atomic E-state index is 13.0. The predicted octanol–water partition coefficient (Wildman–Crippen LogP) is 1.29. The van der Waals surface area contributed by atoms with E-state index in [4.69, 9.17) is 15.2 Å². The van der Waals surface area contributed by atoms with E-state index in [2.05, 4.69) is 9.71 Å². The van der Waals surface area contributed by atoms with E-state index < -0.39 is 15.6 Å². The lowest BCUT2D eigenvalue weighted by atomic mass is 10.1. The van der Waals surface area contributed by atoms with Gasteiger partial charge in [0.2, 0.25) is 0 Å². The fraction of sp³-hybridized carbons (Fsp3) is 0.304. The Hall–Kier alpha value is -3.81. The summed E-state index contributed by atoms with van der Waals surface area (Å²) < 4.78 is 44.6. The molecule has 192 valence electrons. The summed E-state index contributed by atoms with van der Waals surface area (Å²) >= 11 is 0. The largest absolute Gasteiger partial charge is 0.490 e. The molecule has 0 fully saturated rings. The highest BCUT2D eigenvalue weighted by Crippen LogP contribution is 2.36. The molecule has 0 amide bonds. The zero-order chi connectivity index (χ0) is 26.3. The van der Waals surface area contributed by atoms with Crippen molar-refractivity contribution in [2.75, 3.05) is 17.9 Å². The second kappa shape index (κ2) is 9.33. The minimum Gasteiger partial charge on any atom is -0.490 e. The van der Waals surface area contributed by atoms with Crippen LogP contribution in [-0.4, -0.2) is 51.0 Å². The Morgan fingerprint density at radius 3 is 2.42 bits per heavy atom. The molecule has 2 aromatic carbocycles. The summed E-state index contributed by atoms with van der Waals surface area (Å²) in [5.74, 6) is 0.929. The first-order valence-electron chi connectivity index (χ1n) is 10.9. The molecule has 12 nitrogen and oxygen atoms in total. The number of nitrogens with zero attached hydrogens (tertiary/aromatic N) is 4. The van der Waals surface area contributed by atoms with E-state index in [1.807, 2.05) is 0 Å². The van der Waals surface area contributed by atoms with Crippen LogP contribution in [-0.2, 0) is 31.2 Å². The van der Waals surface area contributed by atoms with Gasteiger partial charge in [0.25, 0.3) is 10.0 Å². The van der Waals surface area contributed by atoms with Gasteiger partial charge in [-0.05, 0) is 25.1 Å². The van der Waals surface area contributed by atoms with Crippen molar-refractivity contribution in [3.05, 3.63) is 59.4 Å². The van der Waals surface area contributed by atoms with Crippen molar-refractivity contribution in [1.82, 2.24) is 18.7 Å². The summed E-state index contributed by atoms with van der Waals surface area (Å²) in [6, 6.07) is 9.76. The van der Waals surface area contributed by atoms with Crippen molar-refractivity contribution in [2.24, 2.45) is 26.9 Å². The molecule has 4 rings (SSSR count). The van der Waals surface area contributed by atoms with E-state index in [-0.39, 0.29) is 35.3 Å². The molecule has 0 aliphatic heterocycles. The van der Waals surface area contributed by atoms with Crippen LogP contribution < -0.4 is 25.6 Å². The molecule has 1 unspecified atom stereocenters. The lowest BCUT2D eigenvalue weighted by Crippen LogP contribution is -2.40. The normalized spacial score (nSPS) is 13.5. The first-order valence-corrected chi connectivity index (χ1v) is 12.4. The molecule has 4 N–H and O–H groups in total. The number of aliphatic hydroxyl groups is 1. The quantitative estimate of drug-likeness (QED) is 0.301. The minimum atomic E-state index is -4.05. The van der Waals surface area contributed by atoms with Gasteiger partial charge in [-0.1, -0.05) is 6.07 Å². The average molecular weight is 517 g/mol. The fourth-order valence-corrected chi connectivity index (χ4v) is 4.51. The van der Waals surface area contributed by atoms with Crippen molar-refractivity contribution in [2.45, 2.75) is 17.6 Å². The van der Waals surface area contributed by atoms with E-state index in [0.29, 0.717) is 22.5 Å². The van der Waals surface area contributed by atoms with Gasteiger partial charge in [0.05, 0.1) is 23.0 Å². The zero-order valence-electron chi connectivity index (χ0n) is 20.3. The highest BCUT2D eigenvalue weighted by Gasteiger charge is 2.22. The van der Waals surface area contributed by atoms with Crippen LogP contribution in [0.15, 0.2) is 58.7 Å². The van der Waals surface area contributed by atoms with Gasteiger partial charge in [-0.2, -0.15) is 8.42 Å². The number of nitrogens with one attached hydrogen (secondary N) is 1. The van der Waals surface area contributed by atoms with E-state index in [0.717, 1.165) is 0 Å². The van der Waals surface area contributed by atoms with E-state index in [1.54, 1.807) is 58.4 Å². The summed E-state index contributed by atoms with van der Waals surface area (Å²) in [6.07, 6.45) is 2.75. The Labute approximate surface area is 207 Å². The molecule has 0 aliphatic rings. The maximum atomic E-state index is 13.0. The van der Waals surface area contributed by atoms with Crippen molar-refractivity contribution in [3.8, 4) is 17.2 Å². The summed E-state index contributed by atoms with van der Waals surface area (Å²) in [7, 11) is 0.824. The molecule has 36 heavy (non-hydrogen) atoms. The Balaban J connectivity index is 1.74. The third-order valence-corrected chi connectivity index (χ3v) is 6.85. The molecular weight excluding hydrogens is 488 g/mol. The van der Waals surface area contributed by atoms with Crippen LogP contribution in [0.25, 0.3) is 11.0 Å². The number of ether oxygens (including phenoxy) is 2. The van der Waals surface area contributed by atoms with Gasteiger partial charge >= 0.3 is 5.69 Å². The van der Waals surface area contributed by atoms with E-state index in [1.165, 1.54) is 32.3 Å². The van der Waals surface area contributed by atoms with Crippen molar-refractivity contribution >= 4 is 26.7 Å². The van der Waals surface area contributed by atoms with Gasteiger partial charge in [-0.3, -0.25) is 13.9 Å². The summed E-state index contributed by atoms with van der Waals surface area (Å²) in [5, 5.41) is 9.93. The van der Waals surface area contributed by atoms with Crippen molar-refractivity contribution in [3.63, 3.8) is 0 Å². The number of fused-ring (bicyclic) bond motifs is 1. The molecule has 0 bridgehead atoms. The number of benzene rings is 2. The third-order valence-electron chi connectivity index (χ3n) is 5.60. The van der Waals surface area contributed by atoms with Crippen LogP contribution in [0.5, 0.6) is 17.2 Å². The van der Waals surface area contributed by atoms with Gasteiger partial charge < -0.3 is 24.9 Å². The van der Waals surface area contributed by atoms with Gasteiger partial charge in [-0.25, -0.2) is 9.78 Å². The number of rotatable bonds is 9. The second-order valence-corrected chi connectivity index (χ2v) is 10.4. The molecule has 0 spiro atoms. The van der Waals surface area contributed by atoms with Crippen LogP contribution in [0.4, 0.5) is 5.69 Å². The molecule has 0 saturated carbocycles. The first-order chi connectivity index (χ1) is 16.9. The number of imidazole rings is 2. The summed E-state index contributed by atoms with van der Waals surface area (Å²) in [5.41, 5.74) is 5.24. The van der Waals surface area contributed by atoms with Crippen molar-refractivity contribution < 1.29 is 23.0 Å². The Bertz CT molecular complexity index is 1580. The number of anilines is 1. The molecule has 2 heterocycles. The van der Waals surface area contributed by atoms with Gasteiger partial charge in [0, 0.05) is 46.0 Å². The number of aromatic nitrogens is 4. The molecule has 13 heteroatoms. The monoisotopic (exact) mass is 516 g/mol. The average Bonchev–Trinajstić information content (AvgIpc) is 3.37. The Morgan fingerprint density at radius 1 is 1.11 bits per heavy atom. The van der Waals surface area contributed by atoms with Crippen molar-refractivity contribution in [1.29, 1.82) is 0 Å². The second-order valence-electron chi connectivity index (χ2n) is 8.79. The molecule has 0 aliphatic carbocycles. The molecule has 0 saturated heterocycles. The molecule has 0 radical (unpaired) electrons. The minimum absolute atomic E-state index is 0.0266. The van der Waals surface area contributed by atoms with Crippen LogP contribution in [0.1, 0.15) is 6.92 Å². The van der Waals surface area contributed by atoms with Crippen LogP contribution >= 0.6 is 0 Å². The summed E-state index contributed by atoms with van der Waals surface area (Å²) in [4.78, 5) is 16.4. The summed E-state index contributed by atoms with van der Waals surface area (Å²) in [6.45, 7) is 1.56. The Kier molecular flexibility index (Phi) is 6.56. The van der Waals surface area contributed by atoms with Crippen LogP contribution in [0.3, 0.4) is 0 Å². The zero-order valence-corrected chi connectivity index (χ0v) is 21.1. The number of hydrogen-bond donors (Lipinski definition) is 3. The smallest absolute Gasteiger partial charge is 0.328 e. The number of sulfonamides is 1. The van der Waals surface area contributed by atoms with Gasteiger partial charge in [0.15, 0.2) is 10.8 Å². The molecular formula is C23H28N6O6S.